The number of nitrogens with zero attached hydrogens (tertiary/aromatic N) is 2. The summed E-state index contributed by atoms with van der Waals surface area (Å²) in [5, 5.41) is 7.00. The van der Waals surface area contributed by atoms with Crippen molar-refractivity contribution >= 4 is 40.4 Å². The van der Waals surface area contributed by atoms with Gasteiger partial charge in [0.1, 0.15) is 4.99 Å². The summed E-state index contributed by atoms with van der Waals surface area (Å²) in [6, 6.07) is 4.97. The Kier molecular flexibility index (Phi) is 3.82. The van der Waals surface area contributed by atoms with Crippen molar-refractivity contribution in [1.82, 2.24) is 9.78 Å². The molecule has 0 saturated heterocycles. The molecule has 5 nitrogen and oxygen atoms in total. The second kappa shape index (κ2) is 5.38. The number of rotatable bonds is 3. The van der Waals surface area contributed by atoms with E-state index >= 15 is 0 Å². The van der Waals surface area contributed by atoms with Crippen molar-refractivity contribution < 1.29 is 4.79 Å². The van der Waals surface area contributed by atoms with Crippen LogP contribution in [-0.4, -0.2) is 20.7 Å². The number of anilines is 1. The third-order valence-electron chi connectivity index (χ3n) is 2.47. The molecule has 0 unspecified atom stereocenters. The summed E-state index contributed by atoms with van der Waals surface area (Å²) in [6.45, 7) is 0. The van der Waals surface area contributed by atoms with E-state index in [2.05, 4.69) is 10.4 Å². The molecule has 98 valence electrons. The second-order valence-electron chi connectivity index (χ2n) is 3.92. The first-order valence-corrected chi connectivity index (χ1v) is 6.15. The Bertz CT molecular complexity index is 653. The number of carbonyl (C=O) groups excluding carboxylic acids is 1. The molecule has 0 atom stereocenters. The zero-order valence-corrected chi connectivity index (χ0v) is 11.6. The Morgan fingerprint density at radius 3 is 2.74 bits per heavy atom. The molecule has 1 aromatic carbocycles. The van der Waals surface area contributed by atoms with Crippen LogP contribution < -0.4 is 11.1 Å². The van der Waals surface area contributed by atoms with Crippen LogP contribution >= 0.6 is 23.8 Å². The molecule has 0 aliphatic carbocycles. The minimum Gasteiger partial charge on any atom is -0.389 e. The summed E-state index contributed by atoms with van der Waals surface area (Å²) in [7, 11) is 1.74. The topological polar surface area (TPSA) is 72.9 Å². The monoisotopic (exact) mass is 294 g/mol. The Labute approximate surface area is 120 Å². The fourth-order valence-corrected chi connectivity index (χ4v) is 1.86. The maximum atomic E-state index is 11.9. The number of nitrogens with one attached hydrogen (secondary N) is 1. The van der Waals surface area contributed by atoms with Crippen molar-refractivity contribution in [2.75, 3.05) is 5.32 Å². The normalized spacial score (nSPS) is 10.2. The number of carbonyl (C=O) groups is 1. The maximum absolute atomic E-state index is 11.9. The highest BCUT2D eigenvalue weighted by atomic mass is 35.5. The molecule has 19 heavy (non-hydrogen) atoms. The van der Waals surface area contributed by atoms with Crippen molar-refractivity contribution in [1.29, 1.82) is 0 Å². The van der Waals surface area contributed by atoms with Crippen molar-refractivity contribution in [3.8, 4) is 0 Å². The van der Waals surface area contributed by atoms with Crippen LogP contribution in [0.15, 0.2) is 30.6 Å². The second-order valence-corrected chi connectivity index (χ2v) is 4.76. The van der Waals surface area contributed by atoms with Gasteiger partial charge in [-0.25, -0.2) is 0 Å². The van der Waals surface area contributed by atoms with E-state index < -0.39 is 0 Å². The van der Waals surface area contributed by atoms with E-state index in [0.717, 1.165) is 0 Å². The van der Waals surface area contributed by atoms with E-state index in [1.54, 1.807) is 36.1 Å². The van der Waals surface area contributed by atoms with Crippen LogP contribution in [0.5, 0.6) is 0 Å². The molecule has 1 amide bonds. The molecule has 0 saturated carbocycles. The molecule has 2 rings (SSSR count). The van der Waals surface area contributed by atoms with Gasteiger partial charge in [0.15, 0.2) is 0 Å². The Morgan fingerprint density at radius 1 is 1.47 bits per heavy atom. The third-order valence-corrected chi connectivity index (χ3v) is 3.02. The predicted molar refractivity (Wildman–Crippen MR) is 78.5 cm³/mol. The average molecular weight is 295 g/mol. The summed E-state index contributed by atoms with van der Waals surface area (Å²) >= 11 is 10.9. The van der Waals surface area contributed by atoms with Crippen LogP contribution in [0.2, 0.25) is 5.02 Å². The Morgan fingerprint density at radius 2 is 2.21 bits per heavy atom. The van der Waals surface area contributed by atoms with Crippen LogP contribution in [0.3, 0.4) is 0 Å². The van der Waals surface area contributed by atoms with Crippen LogP contribution in [0, 0.1) is 0 Å². The average Bonchev–Trinajstić information content (AvgIpc) is 2.78. The maximum Gasteiger partial charge on any atom is 0.258 e. The van der Waals surface area contributed by atoms with Gasteiger partial charge in [0.25, 0.3) is 5.91 Å². The van der Waals surface area contributed by atoms with Crippen LogP contribution in [0.4, 0.5) is 5.69 Å². The molecule has 3 N–H and O–H groups in total. The highest BCUT2D eigenvalue weighted by molar-refractivity contribution is 7.80. The number of hydrogen-bond acceptors (Lipinski definition) is 3. The van der Waals surface area contributed by atoms with Gasteiger partial charge in [-0.05, 0) is 18.2 Å². The van der Waals surface area contributed by atoms with Crippen molar-refractivity contribution in [2.45, 2.75) is 0 Å². The first-order valence-electron chi connectivity index (χ1n) is 5.36. The van der Waals surface area contributed by atoms with Crippen molar-refractivity contribution in [3.05, 3.63) is 46.7 Å². The van der Waals surface area contributed by atoms with Crippen LogP contribution in [0.1, 0.15) is 15.9 Å². The molecule has 0 fully saturated rings. The molecule has 0 spiro atoms. The summed E-state index contributed by atoms with van der Waals surface area (Å²) in [4.78, 5) is 12.2. The molecule has 7 heteroatoms. The van der Waals surface area contributed by atoms with Crippen LogP contribution in [-0.2, 0) is 7.05 Å². The van der Waals surface area contributed by atoms with Crippen molar-refractivity contribution in [3.63, 3.8) is 0 Å². The largest absolute Gasteiger partial charge is 0.389 e. The van der Waals surface area contributed by atoms with Gasteiger partial charge in [-0.3, -0.25) is 9.48 Å². The number of thiocarbonyl (C=S) groups is 1. The fourth-order valence-electron chi connectivity index (χ4n) is 1.50. The van der Waals surface area contributed by atoms with E-state index in [4.69, 9.17) is 29.6 Å². The van der Waals surface area contributed by atoms with E-state index in [1.165, 1.54) is 6.20 Å². The fraction of sp³-hybridized carbons (Fsp3) is 0.0833. The summed E-state index contributed by atoms with van der Waals surface area (Å²) in [5.74, 6) is -0.280. The van der Waals surface area contributed by atoms with Gasteiger partial charge in [0.05, 0.1) is 22.5 Å². The first-order chi connectivity index (χ1) is 8.97. The lowest BCUT2D eigenvalue weighted by molar-refractivity contribution is 0.102. The van der Waals surface area contributed by atoms with Gasteiger partial charge in [0, 0.05) is 18.8 Å². The predicted octanol–water partition coefficient (Wildman–Crippen LogP) is 1.96. The van der Waals surface area contributed by atoms with Crippen molar-refractivity contribution in [2.24, 2.45) is 12.8 Å². The first kappa shape index (κ1) is 13.5. The minimum absolute atomic E-state index is 0.257. The number of aryl methyl sites for hydroxylation is 1. The van der Waals surface area contributed by atoms with E-state index in [1.807, 2.05) is 0 Å². The van der Waals surface area contributed by atoms with E-state index in [9.17, 15) is 4.79 Å². The van der Waals surface area contributed by atoms with E-state index in [0.29, 0.717) is 21.8 Å². The highest BCUT2D eigenvalue weighted by Gasteiger charge is 2.11. The lowest BCUT2D eigenvalue weighted by Crippen LogP contribution is -2.13. The third kappa shape index (κ3) is 3.10. The smallest absolute Gasteiger partial charge is 0.258 e. The quantitative estimate of drug-likeness (QED) is 0.849. The summed E-state index contributed by atoms with van der Waals surface area (Å²) in [5.41, 5.74) is 7.11. The number of aromatic nitrogens is 2. The summed E-state index contributed by atoms with van der Waals surface area (Å²) in [6.07, 6.45) is 3.10. The van der Waals surface area contributed by atoms with E-state index in [-0.39, 0.29) is 10.9 Å². The highest BCUT2D eigenvalue weighted by Crippen LogP contribution is 2.23. The lowest BCUT2D eigenvalue weighted by Gasteiger charge is -2.07. The molecule has 0 bridgehead atoms. The molecular formula is C12H11ClN4OS. The SMILES string of the molecule is Cn1cc(C(=O)Nc2ccc(C(N)=S)cc2Cl)cn1. The molecule has 1 heterocycles. The Balaban J connectivity index is 2.20. The van der Waals surface area contributed by atoms with Gasteiger partial charge in [-0.15, -0.1) is 0 Å². The molecule has 0 aliphatic heterocycles. The zero-order valence-electron chi connectivity index (χ0n) is 10.1. The lowest BCUT2D eigenvalue weighted by atomic mass is 10.2. The Hall–Kier alpha value is -1.92. The van der Waals surface area contributed by atoms with Crippen LogP contribution in [0.25, 0.3) is 0 Å². The van der Waals surface area contributed by atoms with Gasteiger partial charge in [-0.1, -0.05) is 23.8 Å². The van der Waals surface area contributed by atoms with Gasteiger partial charge in [0.2, 0.25) is 0 Å². The number of halogens is 1. The molecule has 1 aromatic heterocycles. The van der Waals surface area contributed by atoms with Gasteiger partial charge >= 0.3 is 0 Å². The van der Waals surface area contributed by atoms with Gasteiger partial charge in [-0.2, -0.15) is 5.10 Å². The standard InChI is InChI=1S/C12H11ClN4OS/c1-17-6-8(5-15-17)12(18)16-10-3-2-7(11(14)19)4-9(10)13/h2-6H,1H3,(H2,14,19)(H,16,18). The minimum atomic E-state index is -0.280. The molecule has 0 radical (unpaired) electrons. The number of amides is 1. The molecule has 2 aromatic rings. The number of nitrogens with two attached hydrogens (primary N) is 1. The van der Waals surface area contributed by atoms with Gasteiger partial charge < -0.3 is 11.1 Å². The number of benzene rings is 1. The zero-order chi connectivity index (χ0) is 14.0. The molecule has 0 aliphatic rings. The summed E-state index contributed by atoms with van der Waals surface area (Å²) < 4.78 is 1.55. The number of hydrogen-bond donors (Lipinski definition) is 2. The molecular weight excluding hydrogens is 284 g/mol.